The molecule has 0 amide bonds. The lowest BCUT2D eigenvalue weighted by Gasteiger charge is -2.01. The molecule has 3 heteroatoms. The Balaban J connectivity index is 2.76. The molecule has 0 saturated heterocycles. The van der Waals surface area contributed by atoms with E-state index in [4.69, 9.17) is 5.11 Å². The lowest BCUT2D eigenvalue weighted by molar-refractivity contribution is 0.0697. The fourth-order valence-corrected chi connectivity index (χ4v) is 1.69. The summed E-state index contributed by atoms with van der Waals surface area (Å²) in [5.74, 6) is -0.884. The first-order valence-corrected chi connectivity index (χ1v) is 4.40. The standard InChI is InChI=1S/C11H11NO2/c1-7-3-8(2)12-6-9(11(13)14)5-10(12)4-7/h3-6H,1-2H3,(H,13,14). The number of hydrogen-bond acceptors (Lipinski definition) is 1. The number of aromatic carboxylic acids is 1. The molecule has 0 aliphatic carbocycles. The molecule has 0 aliphatic rings. The van der Waals surface area contributed by atoms with Crippen molar-refractivity contribution in [2.24, 2.45) is 0 Å². The molecule has 0 aliphatic heterocycles. The summed E-state index contributed by atoms with van der Waals surface area (Å²) in [6, 6.07) is 5.68. The predicted octanol–water partition coefficient (Wildman–Crippen LogP) is 2.25. The summed E-state index contributed by atoms with van der Waals surface area (Å²) in [7, 11) is 0. The maximum Gasteiger partial charge on any atom is 0.337 e. The van der Waals surface area contributed by atoms with Crippen LogP contribution < -0.4 is 0 Å². The van der Waals surface area contributed by atoms with Gasteiger partial charge in [0.2, 0.25) is 0 Å². The van der Waals surface area contributed by atoms with Crippen LogP contribution in [0.4, 0.5) is 0 Å². The molecule has 0 saturated carbocycles. The third kappa shape index (κ3) is 1.27. The van der Waals surface area contributed by atoms with E-state index in [1.807, 2.05) is 30.4 Å². The van der Waals surface area contributed by atoms with Crippen LogP contribution in [0.15, 0.2) is 24.4 Å². The third-order valence-corrected chi connectivity index (χ3v) is 2.29. The summed E-state index contributed by atoms with van der Waals surface area (Å²) < 4.78 is 1.89. The molecule has 0 unspecified atom stereocenters. The molecule has 14 heavy (non-hydrogen) atoms. The Labute approximate surface area is 81.6 Å². The van der Waals surface area contributed by atoms with Crippen molar-refractivity contribution in [1.82, 2.24) is 4.40 Å². The minimum absolute atomic E-state index is 0.332. The molecule has 0 fully saturated rings. The molecule has 3 nitrogen and oxygen atoms in total. The van der Waals surface area contributed by atoms with Crippen LogP contribution in [0.3, 0.4) is 0 Å². The second kappa shape index (κ2) is 2.87. The van der Waals surface area contributed by atoms with Gasteiger partial charge in [-0.2, -0.15) is 0 Å². The highest BCUT2D eigenvalue weighted by Gasteiger charge is 2.07. The van der Waals surface area contributed by atoms with Gasteiger partial charge in [-0.05, 0) is 37.6 Å². The summed E-state index contributed by atoms with van der Waals surface area (Å²) in [5, 5.41) is 8.83. The van der Waals surface area contributed by atoms with Crippen LogP contribution in [0.1, 0.15) is 21.6 Å². The van der Waals surface area contributed by atoms with Gasteiger partial charge in [0, 0.05) is 17.4 Å². The number of aromatic nitrogens is 1. The first-order valence-electron chi connectivity index (χ1n) is 4.40. The molecule has 0 bridgehead atoms. The number of carboxylic acid groups (broad SMARTS) is 1. The lowest BCUT2D eigenvalue weighted by Crippen LogP contribution is -1.93. The topological polar surface area (TPSA) is 41.7 Å². The Bertz CT molecular complexity index is 511. The zero-order chi connectivity index (χ0) is 10.3. The monoisotopic (exact) mass is 189 g/mol. The van der Waals surface area contributed by atoms with Crippen LogP contribution >= 0.6 is 0 Å². The van der Waals surface area contributed by atoms with Crippen LogP contribution in [0.2, 0.25) is 0 Å². The first-order chi connectivity index (χ1) is 6.58. The van der Waals surface area contributed by atoms with Crippen LogP contribution in [-0.2, 0) is 0 Å². The van der Waals surface area contributed by atoms with Gasteiger partial charge in [0.05, 0.1) is 5.56 Å². The molecular formula is C11H11NO2. The largest absolute Gasteiger partial charge is 0.478 e. The van der Waals surface area contributed by atoms with Crippen LogP contribution in [0, 0.1) is 13.8 Å². The van der Waals surface area contributed by atoms with E-state index in [1.165, 1.54) is 0 Å². The minimum atomic E-state index is -0.884. The summed E-state index contributed by atoms with van der Waals surface area (Å²) in [6.07, 6.45) is 1.65. The highest BCUT2D eigenvalue weighted by molar-refractivity contribution is 5.89. The molecule has 0 radical (unpaired) electrons. The highest BCUT2D eigenvalue weighted by Crippen LogP contribution is 2.14. The number of pyridine rings is 1. The van der Waals surface area contributed by atoms with E-state index in [1.54, 1.807) is 12.3 Å². The molecule has 2 aromatic rings. The molecular weight excluding hydrogens is 178 g/mol. The van der Waals surface area contributed by atoms with Crippen LogP contribution in [-0.4, -0.2) is 15.5 Å². The van der Waals surface area contributed by atoms with Gasteiger partial charge in [0.15, 0.2) is 0 Å². The summed E-state index contributed by atoms with van der Waals surface area (Å²) in [4.78, 5) is 10.8. The highest BCUT2D eigenvalue weighted by atomic mass is 16.4. The van der Waals surface area contributed by atoms with Gasteiger partial charge in [0.25, 0.3) is 0 Å². The Morgan fingerprint density at radius 2 is 2.00 bits per heavy atom. The Hall–Kier alpha value is -1.77. The van der Waals surface area contributed by atoms with Gasteiger partial charge in [-0.25, -0.2) is 4.79 Å². The van der Waals surface area contributed by atoms with Crippen molar-refractivity contribution >= 4 is 11.5 Å². The van der Waals surface area contributed by atoms with Crippen molar-refractivity contribution in [2.45, 2.75) is 13.8 Å². The number of aryl methyl sites for hydroxylation is 2. The van der Waals surface area contributed by atoms with Gasteiger partial charge < -0.3 is 9.51 Å². The van der Waals surface area contributed by atoms with E-state index >= 15 is 0 Å². The van der Waals surface area contributed by atoms with E-state index in [-0.39, 0.29) is 0 Å². The smallest absolute Gasteiger partial charge is 0.337 e. The van der Waals surface area contributed by atoms with E-state index in [9.17, 15) is 4.79 Å². The van der Waals surface area contributed by atoms with Gasteiger partial charge >= 0.3 is 5.97 Å². The van der Waals surface area contributed by atoms with Crippen molar-refractivity contribution in [1.29, 1.82) is 0 Å². The maximum absolute atomic E-state index is 10.8. The first kappa shape index (κ1) is 8.81. The number of carbonyl (C=O) groups is 1. The van der Waals surface area contributed by atoms with Gasteiger partial charge in [0.1, 0.15) is 0 Å². The Morgan fingerprint density at radius 1 is 1.29 bits per heavy atom. The fourth-order valence-electron chi connectivity index (χ4n) is 1.69. The molecule has 2 aromatic heterocycles. The molecule has 0 spiro atoms. The number of rotatable bonds is 1. The van der Waals surface area contributed by atoms with Crippen molar-refractivity contribution in [3.05, 3.63) is 41.2 Å². The number of nitrogens with zero attached hydrogens (tertiary/aromatic N) is 1. The van der Waals surface area contributed by atoms with Gasteiger partial charge in [-0.15, -0.1) is 0 Å². The van der Waals surface area contributed by atoms with Crippen LogP contribution in [0.25, 0.3) is 5.52 Å². The van der Waals surface area contributed by atoms with Gasteiger partial charge in [-0.1, -0.05) is 0 Å². The number of carboxylic acids is 1. The number of hydrogen-bond donors (Lipinski definition) is 1. The number of fused-ring (bicyclic) bond motifs is 1. The molecule has 0 atom stereocenters. The van der Waals surface area contributed by atoms with E-state index in [0.717, 1.165) is 16.8 Å². The van der Waals surface area contributed by atoms with E-state index in [2.05, 4.69) is 0 Å². The molecule has 1 N–H and O–H groups in total. The lowest BCUT2D eigenvalue weighted by atomic mass is 10.2. The summed E-state index contributed by atoms with van der Waals surface area (Å²) >= 11 is 0. The molecule has 72 valence electrons. The Morgan fingerprint density at radius 3 is 2.64 bits per heavy atom. The SMILES string of the molecule is Cc1cc(C)n2cc(C(=O)O)cc2c1. The zero-order valence-corrected chi connectivity index (χ0v) is 8.11. The average Bonchev–Trinajstić information content (AvgIpc) is 2.47. The third-order valence-electron chi connectivity index (χ3n) is 2.29. The summed E-state index contributed by atoms with van der Waals surface area (Å²) in [5.41, 5.74) is 3.45. The normalized spacial score (nSPS) is 10.7. The Kier molecular flexibility index (Phi) is 1.81. The second-order valence-corrected chi connectivity index (χ2v) is 3.50. The van der Waals surface area contributed by atoms with Gasteiger partial charge in [-0.3, -0.25) is 0 Å². The average molecular weight is 189 g/mol. The second-order valence-electron chi connectivity index (χ2n) is 3.50. The van der Waals surface area contributed by atoms with E-state index < -0.39 is 5.97 Å². The maximum atomic E-state index is 10.8. The fraction of sp³-hybridized carbons (Fsp3) is 0.182. The van der Waals surface area contributed by atoms with Crippen molar-refractivity contribution in [3.63, 3.8) is 0 Å². The molecule has 2 rings (SSSR count). The van der Waals surface area contributed by atoms with Crippen molar-refractivity contribution in [2.75, 3.05) is 0 Å². The van der Waals surface area contributed by atoms with Crippen molar-refractivity contribution < 1.29 is 9.90 Å². The van der Waals surface area contributed by atoms with Crippen molar-refractivity contribution in [3.8, 4) is 0 Å². The predicted molar refractivity (Wildman–Crippen MR) is 53.8 cm³/mol. The van der Waals surface area contributed by atoms with E-state index in [0.29, 0.717) is 5.56 Å². The molecule has 2 heterocycles. The minimum Gasteiger partial charge on any atom is -0.478 e. The summed E-state index contributed by atoms with van der Waals surface area (Å²) in [6.45, 7) is 3.96. The van der Waals surface area contributed by atoms with Crippen LogP contribution in [0.5, 0.6) is 0 Å². The zero-order valence-electron chi connectivity index (χ0n) is 8.11. The quantitative estimate of drug-likeness (QED) is 0.747. The molecule has 0 aromatic carbocycles.